The van der Waals surface area contributed by atoms with Crippen molar-refractivity contribution in [3.05, 3.63) is 23.5 Å². The lowest BCUT2D eigenvalue weighted by Gasteiger charge is -2.25. The quantitative estimate of drug-likeness (QED) is 0.695. The van der Waals surface area contributed by atoms with E-state index in [1.807, 2.05) is 39.8 Å². The third-order valence-corrected chi connectivity index (χ3v) is 2.64. The van der Waals surface area contributed by atoms with Crippen LogP contribution < -0.4 is 0 Å². The van der Waals surface area contributed by atoms with Gasteiger partial charge in [-0.3, -0.25) is 4.79 Å². The largest absolute Gasteiger partial charge is 0.493 e. The van der Waals surface area contributed by atoms with Crippen molar-refractivity contribution in [2.24, 2.45) is 0 Å². The summed E-state index contributed by atoms with van der Waals surface area (Å²) in [5.41, 5.74) is 1.01. The van der Waals surface area contributed by atoms with Gasteiger partial charge in [-0.05, 0) is 33.8 Å². The first-order valence-corrected chi connectivity index (χ1v) is 6.71. The van der Waals surface area contributed by atoms with Crippen molar-refractivity contribution >= 4 is 5.97 Å². The normalized spacial score (nSPS) is 19.2. The van der Waals surface area contributed by atoms with Crippen molar-refractivity contribution < 1.29 is 19.0 Å². The van der Waals surface area contributed by atoms with Gasteiger partial charge in [-0.1, -0.05) is 11.6 Å². The van der Waals surface area contributed by atoms with Crippen molar-refractivity contribution in [2.75, 3.05) is 7.11 Å². The lowest BCUT2D eigenvalue weighted by Crippen LogP contribution is -2.23. The number of carbonyl (C=O) groups is 1. The average Bonchev–Trinajstić information content (AvgIpc) is 2.29. The minimum Gasteiger partial charge on any atom is -0.493 e. The fourth-order valence-corrected chi connectivity index (χ4v) is 1.92. The first-order chi connectivity index (χ1) is 8.92. The Balaban J connectivity index is 2.64. The van der Waals surface area contributed by atoms with Gasteiger partial charge in [-0.2, -0.15) is 0 Å². The van der Waals surface area contributed by atoms with E-state index in [9.17, 15) is 4.79 Å². The fourth-order valence-electron chi connectivity index (χ4n) is 1.92. The molecule has 0 aromatic rings. The zero-order valence-electron chi connectivity index (χ0n) is 12.4. The van der Waals surface area contributed by atoms with E-state index in [2.05, 4.69) is 0 Å². The SMILES string of the molecule is COC1CC(CC(=O)OC(C)C)=CC=C1OC(C)C. The Hall–Kier alpha value is -1.29. The highest BCUT2D eigenvalue weighted by Crippen LogP contribution is 2.25. The zero-order chi connectivity index (χ0) is 14.4. The Morgan fingerprint density at radius 3 is 2.47 bits per heavy atom. The molecule has 108 valence electrons. The number of ether oxygens (including phenoxy) is 3. The summed E-state index contributed by atoms with van der Waals surface area (Å²) in [6.45, 7) is 7.65. The van der Waals surface area contributed by atoms with E-state index in [1.54, 1.807) is 7.11 Å². The topological polar surface area (TPSA) is 44.8 Å². The summed E-state index contributed by atoms with van der Waals surface area (Å²) < 4.78 is 16.2. The van der Waals surface area contributed by atoms with Crippen LogP contribution in [-0.4, -0.2) is 31.4 Å². The van der Waals surface area contributed by atoms with Crippen molar-refractivity contribution in [3.63, 3.8) is 0 Å². The summed E-state index contributed by atoms with van der Waals surface area (Å²) in [7, 11) is 1.65. The van der Waals surface area contributed by atoms with Crippen molar-refractivity contribution in [3.8, 4) is 0 Å². The Kier molecular flexibility index (Phi) is 6.09. The van der Waals surface area contributed by atoms with Crippen LogP contribution in [0.25, 0.3) is 0 Å². The molecule has 19 heavy (non-hydrogen) atoms. The van der Waals surface area contributed by atoms with Gasteiger partial charge in [0, 0.05) is 13.5 Å². The van der Waals surface area contributed by atoms with Crippen molar-refractivity contribution in [1.82, 2.24) is 0 Å². The highest BCUT2D eigenvalue weighted by molar-refractivity contribution is 5.72. The molecule has 0 saturated carbocycles. The van der Waals surface area contributed by atoms with Crippen LogP contribution in [0.3, 0.4) is 0 Å². The van der Waals surface area contributed by atoms with Gasteiger partial charge in [-0.15, -0.1) is 0 Å². The van der Waals surface area contributed by atoms with Gasteiger partial charge in [0.05, 0.1) is 18.6 Å². The van der Waals surface area contributed by atoms with Crippen molar-refractivity contribution in [2.45, 2.75) is 58.8 Å². The van der Waals surface area contributed by atoms with Crippen LogP contribution in [0.5, 0.6) is 0 Å². The standard InChI is InChI=1S/C15H24O4/c1-10(2)18-13-7-6-12(8-14(13)17-5)9-15(16)19-11(3)4/h6-7,10-11,14H,8-9H2,1-5H3. The minimum absolute atomic E-state index is 0.0784. The van der Waals surface area contributed by atoms with Crippen LogP contribution in [0.2, 0.25) is 0 Å². The summed E-state index contributed by atoms with van der Waals surface area (Å²) in [6, 6.07) is 0. The van der Waals surface area contributed by atoms with Crippen LogP contribution in [-0.2, 0) is 19.0 Å². The van der Waals surface area contributed by atoms with Crippen LogP contribution in [0.4, 0.5) is 0 Å². The molecule has 1 atom stereocenters. The molecule has 1 aliphatic carbocycles. The lowest BCUT2D eigenvalue weighted by atomic mass is 9.98. The molecule has 0 fully saturated rings. The van der Waals surface area contributed by atoms with Crippen LogP contribution in [0, 0.1) is 0 Å². The van der Waals surface area contributed by atoms with E-state index in [0.717, 1.165) is 11.3 Å². The van der Waals surface area contributed by atoms with Gasteiger partial charge >= 0.3 is 5.97 Å². The molecule has 0 saturated heterocycles. The molecule has 1 aliphatic rings. The van der Waals surface area contributed by atoms with E-state index in [-0.39, 0.29) is 24.3 Å². The maximum absolute atomic E-state index is 11.6. The first-order valence-electron chi connectivity index (χ1n) is 6.71. The van der Waals surface area contributed by atoms with E-state index in [0.29, 0.717) is 12.8 Å². The van der Waals surface area contributed by atoms with Crippen LogP contribution >= 0.6 is 0 Å². The maximum Gasteiger partial charge on any atom is 0.310 e. The van der Waals surface area contributed by atoms with Gasteiger partial charge in [-0.25, -0.2) is 0 Å². The fraction of sp³-hybridized carbons (Fsp3) is 0.667. The Labute approximate surface area is 115 Å². The predicted octanol–water partition coefficient (Wildman–Crippen LogP) is 2.98. The molecule has 0 aromatic carbocycles. The van der Waals surface area contributed by atoms with E-state index in [1.165, 1.54) is 0 Å². The number of rotatable bonds is 6. The Morgan fingerprint density at radius 2 is 1.95 bits per heavy atom. The van der Waals surface area contributed by atoms with Crippen LogP contribution in [0.15, 0.2) is 23.5 Å². The smallest absolute Gasteiger partial charge is 0.310 e. The molecular formula is C15H24O4. The van der Waals surface area contributed by atoms with E-state index < -0.39 is 0 Å². The zero-order valence-corrected chi connectivity index (χ0v) is 12.4. The molecule has 0 spiro atoms. The summed E-state index contributed by atoms with van der Waals surface area (Å²) in [5, 5.41) is 0. The predicted molar refractivity (Wildman–Crippen MR) is 73.6 cm³/mol. The molecule has 0 bridgehead atoms. The summed E-state index contributed by atoms with van der Waals surface area (Å²) in [4.78, 5) is 11.6. The number of carbonyl (C=O) groups excluding carboxylic acids is 1. The third kappa shape index (κ3) is 5.47. The van der Waals surface area contributed by atoms with Gasteiger partial charge in [0.2, 0.25) is 0 Å². The third-order valence-electron chi connectivity index (χ3n) is 2.64. The molecular weight excluding hydrogens is 244 g/mol. The Bertz CT molecular complexity index is 366. The van der Waals surface area contributed by atoms with Crippen molar-refractivity contribution in [1.29, 1.82) is 0 Å². The van der Waals surface area contributed by atoms with Gasteiger partial charge in [0.1, 0.15) is 11.9 Å². The second kappa shape index (κ2) is 7.34. The minimum atomic E-state index is -0.197. The molecule has 0 aliphatic heterocycles. The lowest BCUT2D eigenvalue weighted by molar-refractivity contribution is -0.146. The molecule has 0 radical (unpaired) electrons. The highest BCUT2D eigenvalue weighted by atomic mass is 16.5. The second-order valence-corrected chi connectivity index (χ2v) is 5.20. The summed E-state index contributed by atoms with van der Waals surface area (Å²) in [5.74, 6) is 0.621. The number of esters is 1. The second-order valence-electron chi connectivity index (χ2n) is 5.20. The van der Waals surface area contributed by atoms with Gasteiger partial charge in [0.25, 0.3) is 0 Å². The first kappa shape index (κ1) is 15.8. The number of hydrogen-bond acceptors (Lipinski definition) is 4. The molecule has 4 heteroatoms. The van der Waals surface area contributed by atoms with E-state index in [4.69, 9.17) is 14.2 Å². The Morgan fingerprint density at radius 1 is 1.26 bits per heavy atom. The van der Waals surface area contributed by atoms with Gasteiger partial charge < -0.3 is 14.2 Å². The highest BCUT2D eigenvalue weighted by Gasteiger charge is 2.23. The molecule has 0 N–H and O–H groups in total. The molecule has 1 unspecified atom stereocenters. The maximum atomic E-state index is 11.6. The average molecular weight is 268 g/mol. The number of allylic oxidation sites excluding steroid dienone is 2. The monoisotopic (exact) mass is 268 g/mol. The van der Waals surface area contributed by atoms with Gasteiger partial charge in [0.15, 0.2) is 0 Å². The molecule has 0 heterocycles. The number of methoxy groups -OCH3 is 1. The molecule has 0 amide bonds. The molecule has 0 aromatic heterocycles. The molecule has 1 rings (SSSR count). The summed E-state index contributed by atoms with van der Waals surface area (Å²) in [6.07, 6.45) is 4.71. The number of hydrogen-bond donors (Lipinski definition) is 0. The van der Waals surface area contributed by atoms with Crippen LogP contribution in [0.1, 0.15) is 40.5 Å². The molecule has 4 nitrogen and oxygen atoms in total. The summed E-state index contributed by atoms with van der Waals surface area (Å²) >= 11 is 0. The van der Waals surface area contributed by atoms with E-state index >= 15 is 0 Å².